The number of aliphatic carboxylic acids is 1. The molecule has 12 nitrogen and oxygen atoms in total. The number of carbonyl (C=O) groups is 4. The lowest BCUT2D eigenvalue weighted by molar-refractivity contribution is -0.148. The Morgan fingerprint density at radius 1 is 1.16 bits per heavy atom. The van der Waals surface area contributed by atoms with Crippen LogP contribution in [-0.2, 0) is 23.9 Å². The van der Waals surface area contributed by atoms with E-state index in [1.165, 1.54) is 19.0 Å². The summed E-state index contributed by atoms with van der Waals surface area (Å²) in [6, 6.07) is 6.56. The van der Waals surface area contributed by atoms with Crippen LogP contribution in [0.15, 0.2) is 36.4 Å². The molecule has 3 amide bonds. The summed E-state index contributed by atoms with van der Waals surface area (Å²) in [6.07, 6.45) is 3.72. The van der Waals surface area contributed by atoms with Crippen LogP contribution in [0.1, 0.15) is 64.8 Å². The largest absolute Gasteiger partial charge is 0.480 e. The fourth-order valence-corrected chi connectivity index (χ4v) is 4.82. The van der Waals surface area contributed by atoms with Crippen molar-refractivity contribution in [2.75, 3.05) is 20.3 Å². The Bertz CT molecular complexity index is 1360. The second-order valence-corrected chi connectivity index (χ2v) is 11.6. The minimum atomic E-state index is -1.14. The summed E-state index contributed by atoms with van der Waals surface area (Å²) in [5, 5.41) is 26.8. The summed E-state index contributed by atoms with van der Waals surface area (Å²) >= 11 is 0. The average Bonchev–Trinajstić information content (AvgIpc) is 2.97. The van der Waals surface area contributed by atoms with E-state index < -0.39 is 53.3 Å². The van der Waals surface area contributed by atoms with Crippen molar-refractivity contribution in [3.63, 3.8) is 0 Å². The van der Waals surface area contributed by atoms with Crippen molar-refractivity contribution in [1.29, 1.82) is 0 Å². The van der Waals surface area contributed by atoms with Crippen LogP contribution in [0.5, 0.6) is 0 Å². The SMILES string of the molecule is COC[C@@](C)(/C=C/c1ccc2ccc([C@@H](C)O)nc2c1)C(=O)N[C@H](C(=O)N[C@@H](C)C(=O)N1CCC[C@@H](C(=O)O)N1)C(C)C. The fourth-order valence-electron chi connectivity index (χ4n) is 4.82. The van der Waals surface area contributed by atoms with Gasteiger partial charge >= 0.3 is 5.97 Å². The summed E-state index contributed by atoms with van der Waals surface area (Å²) in [7, 11) is 1.49. The number of aliphatic hydroxyl groups excluding tert-OH is 1. The average molecular weight is 598 g/mol. The predicted octanol–water partition coefficient (Wildman–Crippen LogP) is 2.18. The molecule has 43 heavy (non-hydrogen) atoms. The molecule has 0 aliphatic carbocycles. The molecule has 1 fully saturated rings. The number of aliphatic hydroxyl groups is 1. The molecule has 1 aliphatic rings. The third-order valence-electron chi connectivity index (χ3n) is 7.49. The normalized spacial score (nSPS) is 19.1. The lowest BCUT2D eigenvalue weighted by Crippen LogP contribution is -2.61. The van der Waals surface area contributed by atoms with Gasteiger partial charge in [0.05, 0.1) is 29.3 Å². The molecule has 234 valence electrons. The molecule has 3 rings (SSSR count). The zero-order valence-corrected chi connectivity index (χ0v) is 25.6. The maximum Gasteiger partial charge on any atom is 0.322 e. The third-order valence-corrected chi connectivity index (χ3v) is 7.49. The number of amides is 3. The van der Waals surface area contributed by atoms with Crippen LogP contribution in [0.4, 0.5) is 0 Å². The van der Waals surface area contributed by atoms with Gasteiger partial charge in [-0.1, -0.05) is 44.2 Å². The molecule has 0 unspecified atom stereocenters. The molecule has 0 saturated carbocycles. The molecule has 2 heterocycles. The zero-order valence-electron chi connectivity index (χ0n) is 25.6. The van der Waals surface area contributed by atoms with Crippen molar-refractivity contribution in [3.8, 4) is 0 Å². The molecule has 1 aromatic heterocycles. The molecule has 12 heteroatoms. The van der Waals surface area contributed by atoms with E-state index in [1.54, 1.807) is 45.9 Å². The summed E-state index contributed by atoms with van der Waals surface area (Å²) < 4.78 is 5.37. The number of pyridine rings is 1. The molecule has 5 atom stereocenters. The maximum absolute atomic E-state index is 13.6. The van der Waals surface area contributed by atoms with Crippen LogP contribution >= 0.6 is 0 Å². The van der Waals surface area contributed by atoms with E-state index in [-0.39, 0.29) is 12.5 Å². The van der Waals surface area contributed by atoms with Crippen molar-refractivity contribution in [2.24, 2.45) is 11.3 Å². The van der Waals surface area contributed by atoms with Gasteiger partial charge in [-0.15, -0.1) is 0 Å². The number of aromatic nitrogens is 1. The van der Waals surface area contributed by atoms with E-state index in [2.05, 4.69) is 21.0 Å². The molecular formula is C31H43N5O7. The number of rotatable bonds is 12. The lowest BCUT2D eigenvalue weighted by atomic mass is 9.88. The predicted molar refractivity (Wildman–Crippen MR) is 161 cm³/mol. The van der Waals surface area contributed by atoms with Crippen LogP contribution in [0.25, 0.3) is 17.0 Å². The van der Waals surface area contributed by atoms with Crippen molar-refractivity contribution in [3.05, 3.63) is 47.7 Å². The number of ether oxygens (including phenoxy) is 1. The third kappa shape index (κ3) is 8.59. The van der Waals surface area contributed by atoms with Gasteiger partial charge < -0.3 is 25.6 Å². The summed E-state index contributed by atoms with van der Waals surface area (Å²) in [6.45, 7) is 8.81. The quantitative estimate of drug-likeness (QED) is 0.246. The van der Waals surface area contributed by atoms with E-state index in [0.717, 1.165) is 10.9 Å². The van der Waals surface area contributed by atoms with Crippen molar-refractivity contribution in [1.82, 2.24) is 26.1 Å². The van der Waals surface area contributed by atoms with Crippen molar-refractivity contribution >= 4 is 40.7 Å². The number of nitrogens with one attached hydrogen (secondary N) is 3. The highest BCUT2D eigenvalue weighted by Crippen LogP contribution is 2.24. The topological polar surface area (TPSA) is 170 Å². The van der Waals surface area contributed by atoms with E-state index >= 15 is 0 Å². The summed E-state index contributed by atoms with van der Waals surface area (Å²) in [5.74, 6) is -2.79. The number of hydrogen-bond donors (Lipinski definition) is 5. The van der Waals surface area contributed by atoms with E-state index in [9.17, 15) is 29.4 Å². The Balaban J connectivity index is 1.73. The van der Waals surface area contributed by atoms with Gasteiger partial charge in [-0.3, -0.25) is 29.2 Å². The second kappa shape index (κ2) is 14.5. The molecule has 0 spiro atoms. The summed E-state index contributed by atoms with van der Waals surface area (Å²) in [4.78, 5) is 55.7. The zero-order chi connectivity index (χ0) is 31.9. The van der Waals surface area contributed by atoms with Gasteiger partial charge in [-0.25, -0.2) is 5.43 Å². The highest BCUT2D eigenvalue weighted by Gasteiger charge is 2.36. The first kappa shape index (κ1) is 33.6. The lowest BCUT2D eigenvalue weighted by Gasteiger charge is -2.34. The number of methoxy groups -OCH3 is 1. The van der Waals surface area contributed by atoms with Gasteiger partial charge in [0, 0.05) is 19.0 Å². The van der Waals surface area contributed by atoms with Crippen molar-refractivity contribution in [2.45, 2.75) is 71.7 Å². The van der Waals surface area contributed by atoms with Crippen LogP contribution in [0.3, 0.4) is 0 Å². The Kier molecular flexibility index (Phi) is 11.4. The van der Waals surface area contributed by atoms with Crippen LogP contribution in [0.2, 0.25) is 0 Å². The van der Waals surface area contributed by atoms with Gasteiger partial charge in [-0.05, 0) is 57.2 Å². The second-order valence-electron chi connectivity index (χ2n) is 11.6. The van der Waals surface area contributed by atoms with Gasteiger partial charge in [0.2, 0.25) is 11.8 Å². The summed E-state index contributed by atoms with van der Waals surface area (Å²) in [5.41, 5.74) is 3.61. The van der Waals surface area contributed by atoms with Gasteiger partial charge in [0.25, 0.3) is 5.91 Å². The minimum Gasteiger partial charge on any atom is -0.480 e. The fraction of sp³-hybridized carbons (Fsp3) is 0.516. The number of hydrazine groups is 1. The molecule has 1 saturated heterocycles. The Morgan fingerprint density at radius 2 is 1.86 bits per heavy atom. The molecular weight excluding hydrogens is 554 g/mol. The molecule has 0 radical (unpaired) electrons. The van der Waals surface area contributed by atoms with Crippen molar-refractivity contribution < 1.29 is 34.1 Å². The number of benzene rings is 1. The molecule has 1 aliphatic heterocycles. The number of fused-ring (bicyclic) bond motifs is 1. The van der Waals surface area contributed by atoms with E-state index in [4.69, 9.17) is 4.74 Å². The van der Waals surface area contributed by atoms with Crippen LogP contribution in [-0.4, -0.2) is 82.3 Å². The minimum absolute atomic E-state index is 0.0417. The molecule has 5 N–H and O–H groups in total. The van der Waals surface area contributed by atoms with Gasteiger partial charge in [0.1, 0.15) is 18.1 Å². The standard InChI is InChI=1S/C31H43N5O7/c1-18(2)26(27(38)32-19(3)28(39)36-15-7-8-24(35-36)29(40)41)34-30(42)31(5,17-43-6)14-13-21-9-10-22-11-12-23(20(4)37)33-25(22)16-21/h9-14,16,18-20,24,26,35,37H,7-8,15,17H2,1-6H3,(H,32,38)(H,34,42)(H,40,41)/b14-13+/t19-,20+,24-,26-,31+/m0/s1. The number of carboxylic acids is 1. The Labute approximate surface area is 251 Å². The maximum atomic E-state index is 13.6. The molecule has 1 aromatic carbocycles. The highest BCUT2D eigenvalue weighted by molar-refractivity contribution is 5.94. The van der Waals surface area contributed by atoms with E-state index in [0.29, 0.717) is 30.6 Å². The van der Waals surface area contributed by atoms with E-state index in [1.807, 2.05) is 24.3 Å². The number of carbonyl (C=O) groups excluding carboxylic acids is 3. The van der Waals surface area contributed by atoms with Crippen LogP contribution in [0, 0.1) is 11.3 Å². The first-order chi connectivity index (χ1) is 20.2. The van der Waals surface area contributed by atoms with Gasteiger partial charge in [-0.2, -0.15) is 0 Å². The number of nitrogens with zero attached hydrogens (tertiary/aromatic N) is 2. The molecule has 2 aromatic rings. The highest BCUT2D eigenvalue weighted by atomic mass is 16.5. The Morgan fingerprint density at radius 3 is 2.49 bits per heavy atom. The number of hydrogen-bond acceptors (Lipinski definition) is 8. The van der Waals surface area contributed by atoms with Gasteiger partial charge in [0.15, 0.2) is 0 Å². The monoisotopic (exact) mass is 597 g/mol. The first-order valence-electron chi connectivity index (χ1n) is 14.4. The smallest absolute Gasteiger partial charge is 0.322 e. The number of carboxylic acid groups (broad SMARTS) is 1. The molecule has 0 bridgehead atoms. The van der Waals surface area contributed by atoms with Crippen LogP contribution < -0.4 is 16.1 Å². The first-order valence-corrected chi connectivity index (χ1v) is 14.4. The Hall–Kier alpha value is -3.87.